The lowest BCUT2D eigenvalue weighted by Crippen LogP contribution is -2.21. The molecule has 0 aromatic carbocycles. The molecular weight excluding hydrogens is 240 g/mol. The predicted octanol–water partition coefficient (Wildman–Crippen LogP) is 1.89. The number of rotatable bonds is 3. The lowest BCUT2D eigenvalue weighted by Gasteiger charge is -2.08. The van der Waals surface area contributed by atoms with Gasteiger partial charge in [0.15, 0.2) is 5.13 Å². The Balaban J connectivity index is 1.91. The fourth-order valence-corrected chi connectivity index (χ4v) is 2.75. The van der Waals surface area contributed by atoms with Gasteiger partial charge in [-0.25, -0.2) is 4.98 Å². The number of carbonyl (C=O) groups excluding carboxylic acids is 1. The minimum atomic E-state index is -0.801. The Kier molecular flexibility index (Phi) is 3.42. The summed E-state index contributed by atoms with van der Waals surface area (Å²) in [7, 11) is 0. The van der Waals surface area contributed by atoms with Crippen LogP contribution in [0.5, 0.6) is 0 Å². The van der Waals surface area contributed by atoms with Crippen molar-refractivity contribution in [2.24, 2.45) is 11.8 Å². The predicted molar refractivity (Wildman–Crippen MR) is 63.9 cm³/mol. The van der Waals surface area contributed by atoms with Gasteiger partial charge in [-0.3, -0.25) is 9.59 Å². The van der Waals surface area contributed by atoms with Crippen molar-refractivity contribution in [3.8, 4) is 0 Å². The molecule has 1 heterocycles. The first kappa shape index (κ1) is 12.0. The number of aliphatic carboxylic acids is 1. The van der Waals surface area contributed by atoms with E-state index in [-0.39, 0.29) is 17.7 Å². The molecule has 1 saturated carbocycles. The topological polar surface area (TPSA) is 79.3 Å². The SMILES string of the molecule is Cc1csc(NC(=O)C2CCC(C(=O)O)C2)n1. The third-order valence-corrected chi connectivity index (χ3v) is 3.88. The summed E-state index contributed by atoms with van der Waals surface area (Å²) in [6.07, 6.45) is 1.67. The lowest BCUT2D eigenvalue weighted by molar-refractivity contribution is -0.141. The quantitative estimate of drug-likeness (QED) is 0.863. The number of amides is 1. The van der Waals surface area contributed by atoms with Gasteiger partial charge in [-0.05, 0) is 26.2 Å². The molecule has 92 valence electrons. The molecule has 1 aliphatic carbocycles. The third-order valence-electron chi connectivity index (χ3n) is 3.00. The van der Waals surface area contributed by atoms with Gasteiger partial charge in [0, 0.05) is 11.3 Å². The molecule has 6 heteroatoms. The standard InChI is InChI=1S/C11H14N2O3S/c1-6-5-17-11(12-6)13-9(14)7-2-3-8(4-7)10(15)16/h5,7-8H,2-4H2,1H3,(H,15,16)(H,12,13,14). The minimum absolute atomic E-state index is 0.108. The van der Waals surface area contributed by atoms with E-state index in [2.05, 4.69) is 10.3 Å². The second kappa shape index (κ2) is 4.83. The van der Waals surface area contributed by atoms with Gasteiger partial charge < -0.3 is 10.4 Å². The van der Waals surface area contributed by atoms with E-state index in [1.165, 1.54) is 11.3 Å². The molecule has 2 N–H and O–H groups in total. The zero-order valence-corrected chi connectivity index (χ0v) is 10.3. The van der Waals surface area contributed by atoms with E-state index < -0.39 is 5.97 Å². The number of aromatic nitrogens is 1. The van der Waals surface area contributed by atoms with Gasteiger partial charge >= 0.3 is 5.97 Å². The smallest absolute Gasteiger partial charge is 0.306 e. The molecule has 0 radical (unpaired) electrons. The Hall–Kier alpha value is -1.43. The first-order valence-corrected chi connectivity index (χ1v) is 6.40. The van der Waals surface area contributed by atoms with Crippen molar-refractivity contribution in [3.05, 3.63) is 11.1 Å². The summed E-state index contributed by atoms with van der Waals surface area (Å²) in [4.78, 5) is 26.8. The van der Waals surface area contributed by atoms with Crippen molar-refractivity contribution in [2.45, 2.75) is 26.2 Å². The molecule has 1 amide bonds. The Bertz CT molecular complexity index is 444. The summed E-state index contributed by atoms with van der Waals surface area (Å²) in [5.74, 6) is -1.47. The largest absolute Gasteiger partial charge is 0.481 e. The van der Waals surface area contributed by atoms with Crippen molar-refractivity contribution >= 4 is 28.3 Å². The van der Waals surface area contributed by atoms with Crippen LogP contribution in [-0.4, -0.2) is 22.0 Å². The number of hydrogen-bond donors (Lipinski definition) is 2. The van der Waals surface area contributed by atoms with E-state index >= 15 is 0 Å². The van der Waals surface area contributed by atoms with Crippen molar-refractivity contribution in [3.63, 3.8) is 0 Å². The van der Waals surface area contributed by atoms with E-state index in [9.17, 15) is 9.59 Å². The number of aryl methyl sites for hydroxylation is 1. The van der Waals surface area contributed by atoms with Crippen molar-refractivity contribution in [1.82, 2.24) is 4.98 Å². The number of carbonyl (C=O) groups is 2. The summed E-state index contributed by atoms with van der Waals surface area (Å²) in [5.41, 5.74) is 0.875. The number of carboxylic acid groups (broad SMARTS) is 1. The van der Waals surface area contributed by atoms with E-state index in [1.54, 1.807) is 0 Å². The molecule has 1 aromatic heterocycles. The number of nitrogens with zero attached hydrogens (tertiary/aromatic N) is 1. The Morgan fingerprint density at radius 1 is 1.47 bits per heavy atom. The van der Waals surface area contributed by atoms with Crippen molar-refractivity contribution in [1.29, 1.82) is 0 Å². The van der Waals surface area contributed by atoms with E-state index in [0.29, 0.717) is 24.4 Å². The van der Waals surface area contributed by atoms with Gasteiger partial charge in [0.2, 0.25) is 5.91 Å². The number of anilines is 1. The molecule has 0 saturated heterocycles. The molecule has 0 bridgehead atoms. The molecule has 2 unspecified atom stereocenters. The van der Waals surface area contributed by atoms with Gasteiger partial charge in [-0.15, -0.1) is 11.3 Å². The van der Waals surface area contributed by atoms with Crippen LogP contribution in [0.2, 0.25) is 0 Å². The molecule has 1 aromatic rings. The molecule has 2 rings (SSSR count). The van der Waals surface area contributed by atoms with Gasteiger partial charge in [0.1, 0.15) is 0 Å². The molecule has 1 fully saturated rings. The van der Waals surface area contributed by atoms with Crippen LogP contribution in [0.1, 0.15) is 25.0 Å². The molecule has 0 spiro atoms. The highest BCUT2D eigenvalue weighted by Crippen LogP contribution is 2.32. The van der Waals surface area contributed by atoms with Crippen LogP contribution in [-0.2, 0) is 9.59 Å². The molecule has 5 nitrogen and oxygen atoms in total. The van der Waals surface area contributed by atoms with E-state index in [1.807, 2.05) is 12.3 Å². The average molecular weight is 254 g/mol. The zero-order chi connectivity index (χ0) is 12.4. The number of thiazole rings is 1. The number of nitrogens with one attached hydrogen (secondary N) is 1. The van der Waals surface area contributed by atoms with Crippen LogP contribution in [0.25, 0.3) is 0 Å². The van der Waals surface area contributed by atoms with Crippen LogP contribution in [0.3, 0.4) is 0 Å². The number of carboxylic acids is 1. The number of hydrogen-bond acceptors (Lipinski definition) is 4. The summed E-state index contributed by atoms with van der Waals surface area (Å²) >= 11 is 1.38. The second-order valence-electron chi connectivity index (χ2n) is 4.33. The fraction of sp³-hybridized carbons (Fsp3) is 0.545. The molecule has 1 aliphatic rings. The molecule has 2 atom stereocenters. The summed E-state index contributed by atoms with van der Waals surface area (Å²) in [5, 5.41) is 14.1. The Morgan fingerprint density at radius 3 is 2.71 bits per heavy atom. The summed E-state index contributed by atoms with van der Waals surface area (Å²) in [6, 6.07) is 0. The van der Waals surface area contributed by atoms with Gasteiger partial charge in [0.25, 0.3) is 0 Å². The lowest BCUT2D eigenvalue weighted by atomic mass is 10.0. The first-order chi connectivity index (χ1) is 8.06. The summed E-state index contributed by atoms with van der Waals surface area (Å²) in [6.45, 7) is 1.86. The highest BCUT2D eigenvalue weighted by Gasteiger charge is 2.33. The van der Waals surface area contributed by atoms with Crippen LogP contribution in [0, 0.1) is 18.8 Å². The molecule has 17 heavy (non-hydrogen) atoms. The van der Waals surface area contributed by atoms with Gasteiger partial charge in [-0.1, -0.05) is 0 Å². The van der Waals surface area contributed by atoms with Crippen LogP contribution < -0.4 is 5.32 Å². The molecule has 0 aliphatic heterocycles. The zero-order valence-electron chi connectivity index (χ0n) is 9.47. The minimum Gasteiger partial charge on any atom is -0.481 e. The fourth-order valence-electron chi connectivity index (χ4n) is 2.06. The maximum atomic E-state index is 11.9. The third kappa shape index (κ3) is 2.82. The molecular formula is C11H14N2O3S. The average Bonchev–Trinajstić information content (AvgIpc) is 2.86. The summed E-state index contributed by atoms with van der Waals surface area (Å²) < 4.78 is 0. The highest BCUT2D eigenvalue weighted by molar-refractivity contribution is 7.13. The second-order valence-corrected chi connectivity index (χ2v) is 5.19. The van der Waals surface area contributed by atoms with Crippen LogP contribution >= 0.6 is 11.3 Å². The monoisotopic (exact) mass is 254 g/mol. The van der Waals surface area contributed by atoms with E-state index in [4.69, 9.17) is 5.11 Å². The highest BCUT2D eigenvalue weighted by atomic mass is 32.1. The normalized spacial score (nSPS) is 23.6. The van der Waals surface area contributed by atoms with Crippen LogP contribution in [0.4, 0.5) is 5.13 Å². The Morgan fingerprint density at radius 2 is 2.18 bits per heavy atom. The maximum absolute atomic E-state index is 11.9. The van der Waals surface area contributed by atoms with Crippen molar-refractivity contribution < 1.29 is 14.7 Å². The maximum Gasteiger partial charge on any atom is 0.306 e. The van der Waals surface area contributed by atoms with Crippen molar-refractivity contribution in [2.75, 3.05) is 5.32 Å². The van der Waals surface area contributed by atoms with E-state index in [0.717, 1.165) is 5.69 Å². The first-order valence-electron chi connectivity index (χ1n) is 5.52. The van der Waals surface area contributed by atoms with Gasteiger partial charge in [-0.2, -0.15) is 0 Å². The Labute approximate surface area is 103 Å². The van der Waals surface area contributed by atoms with Crippen LogP contribution in [0.15, 0.2) is 5.38 Å². The van der Waals surface area contributed by atoms with Gasteiger partial charge in [0.05, 0.1) is 11.6 Å².